The molecule has 0 radical (unpaired) electrons. The number of amides is 1. The van der Waals surface area contributed by atoms with Crippen LogP contribution < -0.4 is 15.0 Å². The molecule has 3 rings (SSSR count). The Morgan fingerprint density at radius 3 is 2.36 bits per heavy atom. The van der Waals surface area contributed by atoms with Crippen molar-refractivity contribution < 1.29 is 14.4 Å². The van der Waals surface area contributed by atoms with E-state index in [9.17, 15) is 4.79 Å². The van der Waals surface area contributed by atoms with E-state index in [0.29, 0.717) is 6.54 Å². The number of nitrogens with one attached hydrogen (secondary N) is 2. The molecule has 3 aromatic rings. The van der Waals surface area contributed by atoms with Gasteiger partial charge in [-0.25, -0.2) is 0 Å². The van der Waals surface area contributed by atoms with Gasteiger partial charge in [-0.05, 0) is 35.4 Å². The molecule has 1 unspecified atom stereocenters. The fraction of sp³-hybridized carbons (Fsp3) is 0.227. The molecule has 0 bridgehead atoms. The van der Waals surface area contributed by atoms with Gasteiger partial charge in [0.05, 0.1) is 29.4 Å². The summed E-state index contributed by atoms with van der Waals surface area (Å²) in [6, 6.07) is 21.5. The van der Waals surface area contributed by atoms with Crippen LogP contribution in [0.25, 0.3) is 0 Å². The molecule has 0 aliphatic carbocycles. The zero-order valence-electron chi connectivity index (χ0n) is 15.9. The Labute approximate surface area is 174 Å². The predicted molar refractivity (Wildman–Crippen MR) is 114 cm³/mol. The van der Waals surface area contributed by atoms with Crippen LogP contribution in [0.4, 0.5) is 0 Å². The molecule has 1 heterocycles. The number of hydrogen-bond acceptors (Lipinski definition) is 3. The molecular weight excluding hydrogens is 392 g/mol. The Morgan fingerprint density at radius 1 is 1.07 bits per heavy atom. The van der Waals surface area contributed by atoms with Crippen LogP contribution in [0.5, 0.6) is 5.75 Å². The molecule has 2 atom stereocenters. The van der Waals surface area contributed by atoms with Gasteiger partial charge in [0.2, 0.25) is 0 Å². The monoisotopic (exact) mass is 415 g/mol. The van der Waals surface area contributed by atoms with Gasteiger partial charge in [0.1, 0.15) is 12.3 Å². The van der Waals surface area contributed by atoms with E-state index in [2.05, 4.69) is 5.32 Å². The van der Waals surface area contributed by atoms with Crippen LogP contribution in [0.2, 0.25) is 4.34 Å². The van der Waals surface area contributed by atoms with E-state index >= 15 is 0 Å². The highest BCUT2D eigenvalue weighted by Crippen LogP contribution is 2.24. The second-order valence-electron chi connectivity index (χ2n) is 6.70. The number of methoxy groups -OCH3 is 1. The number of rotatable bonds is 8. The van der Waals surface area contributed by atoms with Gasteiger partial charge in [0.25, 0.3) is 5.91 Å². The maximum atomic E-state index is 12.7. The molecule has 0 aliphatic heterocycles. The van der Waals surface area contributed by atoms with Crippen molar-refractivity contribution in [2.75, 3.05) is 20.7 Å². The van der Waals surface area contributed by atoms with Crippen molar-refractivity contribution in [3.63, 3.8) is 0 Å². The number of likely N-dealkylation sites (N-methyl/N-ethyl adjacent to an activating group) is 1. The van der Waals surface area contributed by atoms with Crippen molar-refractivity contribution in [1.82, 2.24) is 5.32 Å². The molecule has 2 N–H and O–H groups in total. The Bertz CT molecular complexity index is 896. The van der Waals surface area contributed by atoms with Crippen molar-refractivity contribution >= 4 is 28.8 Å². The number of carbonyl (C=O) groups excluding carboxylic acids is 1. The summed E-state index contributed by atoms with van der Waals surface area (Å²) in [5.74, 6) is 0.797. The highest BCUT2D eigenvalue weighted by atomic mass is 35.5. The first-order chi connectivity index (χ1) is 13.5. The molecule has 1 amide bonds. The summed E-state index contributed by atoms with van der Waals surface area (Å²) in [6.45, 7) is 1.15. The highest BCUT2D eigenvalue weighted by Gasteiger charge is 2.19. The van der Waals surface area contributed by atoms with E-state index in [1.54, 1.807) is 18.4 Å². The normalized spacial score (nSPS) is 13.0. The van der Waals surface area contributed by atoms with Gasteiger partial charge >= 0.3 is 0 Å². The van der Waals surface area contributed by atoms with E-state index in [-0.39, 0.29) is 11.9 Å². The molecule has 2 aromatic carbocycles. The quantitative estimate of drug-likeness (QED) is 0.592. The molecule has 4 nitrogen and oxygen atoms in total. The number of quaternary nitrogens is 1. The largest absolute Gasteiger partial charge is 0.497 e. The molecule has 1 aromatic heterocycles. The van der Waals surface area contributed by atoms with Gasteiger partial charge in [0, 0.05) is 0 Å². The minimum atomic E-state index is -0.205. The molecular formula is C22H24ClN2O2S+. The Balaban J connectivity index is 1.70. The lowest BCUT2D eigenvalue weighted by atomic mass is 9.98. The summed E-state index contributed by atoms with van der Waals surface area (Å²) in [5, 5.41) is 3.19. The summed E-state index contributed by atoms with van der Waals surface area (Å²) in [5.41, 5.74) is 2.06. The van der Waals surface area contributed by atoms with Crippen LogP contribution in [0, 0.1) is 0 Å². The first kappa shape index (κ1) is 20.4. The Hall–Kier alpha value is -2.34. The number of hydrogen-bond donors (Lipinski definition) is 2. The van der Waals surface area contributed by atoms with E-state index < -0.39 is 0 Å². The zero-order valence-corrected chi connectivity index (χ0v) is 17.5. The first-order valence-electron chi connectivity index (χ1n) is 9.09. The molecule has 0 spiro atoms. The minimum absolute atomic E-state index is 0.00447. The van der Waals surface area contributed by atoms with Crippen LogP contribution in [-0.4, -0.2) is 26.6 Å². The van der Waals surface area contributed by atoms with Crippen molar-refractivity contribution in [3.8, 4) is 5.75 Å². The van der Waals surface area contributed by atoms with Gasteiger partial charge in [-0.3, -0.25) is 4.79 Å². The maximum absolute atomic E-state index is 12.7. The average Bonchev–Trinajstić information content (AvgIpc) is 3.11. The van der Waals surface area contributed by atoms with E-state index in [0.717, 1.165) is 32.7 Å². The standard InChI is InChI=1S/C22H23ClN2O2S/c1-25(14-19-12-13-20(23)28-19)15-21(26)24-22(16-6-4-3-5-7-16)17-8-10-18(27-2)11-9-17/h3-13,22H,14-15H2,1-2H3,(H,24,26)/p+1/t22-/m0/s1. The topological polar surface area (TPSA) is 42.8 Å². The van der Waals surface area contributed by atoms with Gasteiger partial charge in [-0.1, -0.05) is 54.1 Å². The lowest BCUT2D eigenvalue weighted by Gasteiger charge is -2.21. The summed E-state index contributed by atoms with van der Waals surface area (Å²) in [6.07, 6.45) is 0. The fourth-order valence-corrected chi connectivity index (χ4v) is 4.30. The van der Waals surface area contributed by atoms with Crippen LogP contribution in [0.1, 0.15) is 22.0 Å². The number of ether oxygens (including phenoxy) is 1. The third kappa shape index (κ3) is 5.58. The van der Waals surface area contributed by atoms with Gasteiger partial charge in [-0.2, -0.15) is 0 Å². The molecule has 0 saturated heterocycles. The third-order valence-corrected chi connectivity index (χ3v) is 5.69. The summed E-state index contributed by atoms with van der Waals surface area (Å²) in [4.78, 5) is 15.0. The molecule has 0 aliphatic rings. The summed E-state index contributed by atoms with van der Waals surface area (Å²) in [7, 11) is 3.66. The Morgan fingerprint density at radius 2 is 1.75 bits per heavy atom. The Kier molecular flexibility index (Phi) is 7.09. The van der Waals surface area contributed by atoms with Crippen molar-refractivity contribution in [2.45, 2.75) is 12.6 Å². The summed E-state index contributed by atoms with van der Waals surface area (Å²) < 4.78 is 6.02. The van der Waals surface area contributed by atoms with E-state index in [1.165, 1.54) is 4.88 Å². The van der Waals surface area contributed by atoms with Crippen LogP contribution in [0.3, 0.4) is 0 Å². The molecule has 0 fully saturated rings. The van der Waals surface area contributed by atoms with E-state index in [1.807, 2.05) is 73.8 Å². The lowest BCUT2D eigenvalue weighted by Crippen LogP contribution is -3.08. The second-order valence-corrected chi connectivity index (χ2v) is 8.50. The van der Waals surface area contributed by atoms with Crippen LogP contribution >= 0.6 is 22.9 Å². The smallest absolute Gasteiger partial charge is 0.275 e. The molecule has 0 saturated carbocycles. The third-order valence-electron chi connectivity index (χ3n) is 4.45. The maximum Gasteiger partial charge on any atom is 0.275 e. The van der Waals surface area contributed by atoms with Crippen molar-refractivity contribution in [3.05, 3.63) is 87.1 Å². The van der Waals surface area contributed by atoms with Gasteiger partial charge < -0.3 is 15.0 Å². The van der Waals surface area contributed by atoms with Crippen molar-refractivity contribution in [1.29, 1.82) is 0 Å². The fourth-order valence-electron chi connectivity index (χ4n) is 3.09. The molecule has 146 valence electrons. The summed E-state index contributed by atoms with van der Waals surface area (Å²) >= 11 is 7.55. The molecule has 6 heteroatoms. The number of halogens is 1. The number of benzene rings is 2. The SMILES string of the molecule is COc1ccc([C@@H](NC(=O)C[NH+](C)Cc2ccc(Cl)s2)c2ccccc2)cc1. The first-order valence-corrected chi connectivity index (χ1v) is 10.3. The van der Waals surface area contributed by atoms with Gasteiger partial charge in [-0.15, -0.1) is 11.3 Å². The minimum Gasteiger partial charge on any atom is -0.497 e. The molecule has 28 heavy (non-hydrogen) atoms. The second kappa shape index (κ2) is 9.73. The highest BCUT2D eigenvalue weighted by molar-refractivity contribution is 7.16. The predicted octanol–water partition coefficient (Wildman–Crippen LogP) is 3.33. The zero-order chi connectivity index (χ0) is 19.9. The van der Waals surface area contributed by atoms with E-state index in [4.69, 9.17) is 16.3 Å². The van der Waals surface area contributed by atoms with Gasteiger partial charge in [0.15, 0.2) is 6.54 Å². The lowest BCUT2D eigenvalue weighted by molar-refractivity contribution is -0.885. The van der Waals surface area contributed by atoms with Crippen molar-refractivity contribution in [2.24, 2.45) is 0 Å². The average molecular weight is 416 g/mol. The number of carbonyl (C=O) groups is 1. The van der Waals surface area contributed by atoms with Crippen LogP contribution in [-0.2, 0) is 11.3 Å². The number of thiophene rings is 1. The van der Waals surface area contributed by atoms with Crippen LogP contribution in [0.15, 0.2) is 66.7 Å².